The second kappa shape index (κ2) is 5.46. The number of aromatic nitrogens is 2. The molecule has 0 aliphatic rings. The fraction of sp³-hybridized carbons (Fsp3) is 0.400. The van der Waals surface area contributed by atoms with Crippen molar-refractivity contribution in [3.8, 4) is 12.3 Å². The normalized spacial score (nSPS) is 11.8. The van der Waals surface area contributed by atoms with Gasteiger partial charge in [0, 0.05) is 18.5 Å². The molecule has 0 aliphatic heterocycles. The number of rotatable bonds is 4. The topological polar surface area (TPSA) is 37.8 Å². The van der Waals surface area contributed by atoms with E-state index in [1.807, 2.05) is 0 Å². The highest BCUT2D eigenvalue weighted by Gasteiger charge is 2.05. The first kappa shape index (κ1) is 10.8. The van der Waals surface area contributed by atoms with Crippen molar-refractivity contribution < 1.29 is 0 Å². The molecule has 4 heteroatoms. The van der Waals surface area contributed by atoms with Crippen molar-refractivity contribution in [2.24, 2.45) is 0 Å². The number of terminal acetylenes is 1. The van der Waals surface area contributed by atoms with E-state index in [2.05, 4.69) is 28.1 Å². The minimum Gasteiger partial charge on any atom is -0.366 e. The van der Waals surface area contributed by atoms with Crippen LogP contribution in [0.5, 0.6) is 0 Å². The third kappa shape index (κ3) is 3.23. The summed E-state index contributed by atoms with van der Waals surface area (Å²) in [4.78, 5) is 7.83. The van der Waals surface area contributed by atoms with Crippen LogP contribution in [0.1, 0.15) is 19.8 Å². The Bertz CT molecular complexity index is 332. The monoisotopic (exact) mass is 209 g/mol. The molecule has 0 aromatic carbocycles. The zero-order valence-corrected chi connectivity index (χ0v) is 8.75. The number of hydrogen-bond donors (Lipinski definition) is 1. The van der Waals surface area contributed by atoms with Crippen molar-refractivity contribution in [1.82, 2.24) is 9.97 Å². The van der Waals surface area contributed by atoms with Gasteiger partial charge in [-0.05, 0) is 6.42 Å². The van der Waals surface area contributed by atoms with Crippen LogP contribution in [0.2, 0.25) is 5.15 Å². The Morgan fingerprint density at radius 1 is 1.64 bits per heavy atom. The van der Waals surface area contributed by atoms with Gasteiger partial charge in [-0.25, -0.2) is 9.97 Å². The molecule has 1 atom stereocenters. The number of nitrogens with zero attached hydrogens (tertiary/aromatic N) is 2. The lowest BCUT2D eigenvalue weighted by atomic mass is 10.1. The molecular weight excluding hydrogens is 198 g/mol. The average molecular weight is 210 g/mol. The summed E-state index contributed by atoms with van der Waals surface area (Å²) in [6.45, 7) is 2.07. The molecule has 1 rings (SSSR count). The van der Waals surface area contributed by atoms with Crippen LogP contribution in [0.15, 0.2) is 12.4 Å². The van der Waals surface area contributed by atoms with Crippen LogP contribution in [-0.2, 0) is 0 Å². The highest BCUT2D eigenvalue weighted by molar-refractivity contribution is 6.29. The summed E-state index contributed by atoms with van der Waals surface area (Å²) in [5.41, 5.74) is 0. The van der Waals surface area contributed by atoms with Crippen molar-refractivity contribution in [2.45, 2.75) is 25.8 Å². The van der Waals surface area contributed by atoms with Crippen molar-refractivity contribution in [2.75, 3.05) is 5.32 Å². The lowest BCUT2D eigenvalue weighted by Crippen LogP contribution is -2.18. The van der Waals surface area contributed by atoms with Gasteiger partial charge in [0.25, 0.3) is 0 Å². The molecule has 1 aromatic rings. The summed E-state index contributed by atoms with van der Waals surface area (Å²) in [5.74, 6) is 3.33. The Hall–Kier alpha value is -1.27. The van der Waals surface area contributed by atoms with E-state index in [0.717, 1.165) is 6.42 Å². The Labute approximate surface area is 88.9 Å². The molecule has 0 bridgehead atoms. The minimum atomic E-state index is 0.242. The fourth-order valence-electron chi connectivity index (χ4n) is 1.06. The van der Waals surface area contributed by atoms with Gasteiger partial charge in [-0.15, -0.1) is 12.3 Å². The van der Waals surface area contributed by atoms with Gasteiger partial charge >= 0.3 is 0 Å². The van der Waals surface area contributed by atoms with E-state index in [0.29, 0.717) is 17.4 Å². The summed E-state index contributed by atoms with van der Waals surface area (Å²) >= 11 is 5.72. The molecular formula is C10H12ClN3. The summed E-state index contributed by atoms with van der Waals surface area (Å²) in [6, 6.07) is 1.92. The van der Waals surface area contributed by atoms with Gasteiger partial charge < -0.3 is 5.32 Å². The summed E-state index contributed by atoms with van der Waals surface area (Å²) < 4.78 is 0. The highest BCUT2D eigenvalue weighted by atomic mass is 35.5. The molecule has 3 nitrogen and oxygen atoms in total. The van der Waals surface area contributed by atoms with Gasteiger partial charge in [-0.3, -0.25) is 0 Å². The van der Waals surface area contributed by atoms with E-state index >= 15 is 0 Å². The summed E-state index contributed by atoms with van der Waals surface area (Å²) in [6.07, 6.45) is 8.29. The molecule has 14 heavy (non-hydrogen) atoms. The number of halogens is 1. The lowest BCUT2D eigenvalue weighted by molar-refractivity contribution is 0.711. The predicted octanol–water partition coefficient (Wildman–Crippen LogP) is 2.34. The largest absolute Gasteiger partial charge is 0.366 e. The van der Waals surface area contributed by atoms with E-state index in [9.17, 15) is 0 Å². The Morgan fingerprint density at radius 2 is 2.43 bits per heavy atom. The maximum Gasteiger partial charge on any atom is 0.134 e. The molecule has 0 fully saturated rings. The first-order valence-corrected chi connectivity index (χ1v) is 4.81. The third-order valence-electron chi connectivity index (χ3n) is 1.84. The molecule has 1 heterocycles. The van der Waals surface area contributed by atoms with Crippen molar-refractivity contribution in [1.29, 1.82) is 0 Å². The van der Waals surface area contributed by atoms with Crippen molar-refractivity contribution >= 4 is 17.4 Å². The lowest BCUT2D eigenvalue weighted by Gasteiger charge is -2.14. The second-order valence-corrected chi connectivity index (χ2v) is 3.27. The maximum atomic E-state index is 5.72. The molecule has 74 valence electrons. The number of hydrogen-bond acceptors (Lipinski definition) is 3. The third-order valence-corrected chi connectivity index (χ3v) is 2.05. The van der Waals surface area contributed by atoms with Crippen LogP contribution < -0.4 is 5.32 Å². The van der Waals surface area contributed by atoms with E-state index in [-0.39, 0.29) is 6.04 Å². The molecule has 1 aromatic heterocycles. The highest BCUT2D eigenvalue weighted by Crippen LogP contribution is 2.11. The zero-order valence-electron chi connectivity index (χ0n) is 8.00. The van der Waals surface area contributed by atoms with Crippen LogP contribution >= 0.6 is 11.6 Å². The standard InChI is InChI=1S/C10H12ClN3/c1-3-5-8(4-2)14-10-6-9(11)12-7-13-10/h1,6-8H,4-5H2,2H3,(H,12,13,14). The Morgan fingerprint density at radius 3 is 3.00 bits per heavy atom. The maximum absolute atomic E-state index is 5.72. The van der Waals surface area contributed by atoms with E-state index in [4.69, 9.17) is 18.0 Å². The Kier molecular flexibility index (Phi) is 4.21. The molecule has 0 saturated carbocycles. The SMILES string of the molecule is C#CCC(CC)Nc1cc(Cl)ncn1. The molecule has 1 N–H and O–H groups in total. The van der Waals surface area contributed by atoms with Crippen molar-refractivity contribution in [3.63, 3.8) is 0 Å². The fourth-order valence-corrected chi connectivity index (χ4v) is 1.21. The molecule has 0 aliphatic carbocycles. The summed E-state index contributed by atoms with van der Waals surface area (Å²) in [7, 11) is 0. The quantitative estimate of drug-likeness (QED) is 0.611. The first-order chi connectivity index (χ1) is 6.76. The van der Waals surface area contributed by atoms with E-state index < -0.39 is 0 Å². The molecule has 1 unspecified atom stereocenters. The Balaban J connectivity index is 2.63. The van der Waals surface area contributed by atoms with Gasteiger partial charge in [0.05, 0.1) is 0 Å². The smallest absolute Gasteiger partial charge is 0.134 e. The van der Waals surface area contributed by atoms with Gasteiger partial charge in [0.15, 0.2) is 0 Å². The van der Waals surface area contributed by atoms with Gasteiger partial charge in [0.2, 0.25) is 0 Å². The zero-order chi connectivity index (χ0) is 10.4. The minimum absolute atomic E-state index is 0.242. The molecule has 0 radical (unpaired) electrons. The number of anilines is 1. The summed E-state index contributed by atoms with van der Waals surface area (Å²) in [5, 5.41) is 3.62. The van der Waals surface area contributed by atoms with Crippen LogP contribution in [0.4, 0.5) is 5.82 Å². The van der Waals surface area contributed by atoms with Gasteiger partial charge in [0.1, 0.15) is 17.3 Å². The van der Waals surface area contributed by atoms with Gasteiger partial charge in [-0.1, -0.05) is 18.5 Å². The predicted molar refractivity (Wildman–Crippen MR) is 58.2 cm³/mol. The molecule has 0 saturated heterocycles. The van der Waals surface area contributed by atoms with Crippen LogP contribution in [0.25, 0.3) is 0 Å². The first-order valence-electron chi connectivity index (χ1n) is 4.43. The van der Waals surface area contributed by atoms with Crippen LogP contribution in [0.3, 0.4) is 0 Å². The van der Waals surface area contributed by atoms with Crippen LogP contribution in [0, 0.1) is 12.3 Å². The van der Waals surface area contributed by atoms with E-state index in [1.165, 1.54) is 6.33 Å². The number of nitrogens with one attached hydrogen (secondary N) is 1. The van der Waals surface area contributed by atoms with Gasteiger partial charge in [-0.2, -0.15) is 0 Å². The average Bonchev–Trinajstić information content (AvgIpc) is 2.17. The molecule has 0 spiro atoms. The second-order valence-electron chi connectivity index (χ2n) is 2.88. The van der Waals surface area contributed by atoms with Crippen molar-refractivity contribution in [3.05, 3.63) is 17.5 Å². The van der Waals surface area contributed by atoms with E-state index in [1.54, 1.807) is 6.07 Å². The molecule has 0 amide bonds. The van der Waals surface area contributed by atoms with Crippen LogP contribution in [-0.4, -0.2) is 16.0 Å².